The molecule has 0 aromatic carbocycles. The Kier molecular flexibility index (Phi) is 4.40. The molecule has 2 aromatic rings. The number of hydrogen-bond donors (Lipinski definition) is 3. The minimum atomic E-state index is 0.151. The predicted octanol–water partition coefficient (Wildman–Crippen LogP) is 1.27. The van der Waals surface area contributed by atoms with Crippen LogP contribution in [0.15, 0.2) is 30.5 Å². The van der Waals surface area contributed by atoms with Crippen LogP contribution in [-0.4, -0.2) is 34.8 Å². The number of hydrogen-bond acceptors (Lipinski definition) is 7. The average Bonchev–Trinajstić information content (AvgIpc) is 2.62. The van der Waals surface area contributed by atoms with E-state index in [0.29, 0.717) is 16.9 Å². The molecule has 1 saturated heterocycles. The first-order chi connectivity index (χ1) is 11.6. The smallest absolute Gasteiger partial charge is 0.141 e. The molecule has 2 aromatic heterocycles. The monoisotopic (exact) mass is 321 g/mol. The molecule has 0 spiro atoms. The van der Waals surface area contributed by atoms with E-state index in [2.05, 4.69) is 14.9 Å². The van der Waals surface area contributed by atoms with Crippen LogP contribution in [0.2, 0.25) is 0 Å². The molecule has 1 fully saturated rings. The summed E-state index contributed by atoms with van der Waals surface area (Å²) < 4.78 is 0. The van der Waals surface area contributed by atoms with Gasteiger partial charge in [0.05, 0.1) is 23.3 Å². The third-order valence-corrected chi connectivity index (χ3v) is 4.09. The van der Waals surface area contributed by atoms with Crippen LogP contribution in [0.3, 0.4) is 0 Å². The van der Waals surface area contributed by atoms with Gasteiger partial charge in [-0.15, -0.1) is 0 Å². The van der Waals surface area contributed by atoms with Crippen LogP contribution in [0.1, 0.15) is 29.8 Å². The van der Waals surface area contributed by atoms with Gasteiger partial charge in [-0.2, -0.15) is 5.26 Å². The predicted molar refractivity (Wildman–Crippen MR) is 93.0 cm³/mol. The Morgan fingerprint density at radius 2 is 2.25 bits per heavy atom. The van der Waals surface area contributed by atoms with Gasteiger partial charge in [0.1, 0.15) is 17.6 Å². The second-order valence-corrected chi connectivity index (χ2v) is 5.87. The van der Waals surface area contributed by atoms with Crippen molar-refractivity contribution in [3.63, 3.8) is 0 Å². The Morgan fingerprint density at radius 3 is 3.00 bits per heavy atom. The van der Waals surface area contributed by atoms with Gasteiger partial charge in [-0.3, -0.25) is 5.41 Å². The number of rotatable bonds is 3. The summed E-state index contributed by atoms with van der Waals surface area (Å²) in [5.41, 5.74) is 13.7. The van der Waals surface area contributed by atoms with E-state index in [1.165, 1.54) is 12.3 Å². The molecule has 3 rings (SSSR count). The molecular weight excluding hydrogens is 302 g/mol. The van der Waals surface area contributed by atoms with Crippen molar-refractivity contribution in [1.82, 2.24) is 9.97 Å². The lowest BCUT2D eigenvalue weighted by Gasteiger charge is -2.31. The second kappa shape index (κ2) is 6.64. The molecule has 1 atom stereocenters. The van der Waals surface area contributed by atoms with Gasteiger partial charge in [0, 0.05) is 24.7 Å². The van der Waals surface area contributed by atoms with Crippen LogP contribution in [0, 0.1) is 16.7 Å². The summed E-state index contributed by atoms with van der Waals surface area (Å²) >= 11 is 0. The normalized spacial score (nSPS) is 17.3. The number of nitrogens with zero attached hydrogens (tertiary/aromatic N) is 4. The van der Waals surface area contributed by atoms with Crippen LogP contribution in [0.4, 0.5) is 11.5 Å². The van der Waals surface area contributed by atoms with Crippen LogP contribution in [-0.2, 0) is 0 Å². The van der Waals surface area contributed by atoms with Gasteiger partial charge >= 0.3 is 0 Å². The lowest BCUT2D eigenvalue weighted by molar-refractivity contribution is 0.503. The van der Waals surface area contributed by atoms with Crippen molar-refractivity contribution in [1.29, 1.82) is 10.7 Å². The summed E-state index contributed by atoms with van der Waals surface area (Å²) in [5, 5.41) is 17.4. The molecule has 0 radical (unpaired) electrons. The minimum Gasteiger partial charge on any atom is -0.397 e. The van der Waals surface area contributed by atoms with Gasteiger partial charge in [0.15, 0.2) is 0 Å². The van der Waals surface area contributed by atoms with Gasteiger partial charge in [-0.1, -0.05) is 6.07 Å². The number of aromatic nitrogens is 2. The molecule has 3 heterocycles. The fourth-order valence-electron chi connectivity index (χ4n) is 2.84. The first-order valence-electron chi connectivity index (χ1n) is 7.81. The lowest BCUT2D eigenvalue weighted by Crippen LogP contribution is -2.43. The zero-order valence-electron chi connectivity index (χ0n) is 13.2. The molecule has 0 bridgehead atoms. The average molecular weight is 321 g/mol. The van der Waals surface area contributed by atoms with E-state index in [0.717, 1.165) is 31.7 Å². The zero-order valence-corrected chi connectivity index (χ0v) is 13.2. The third kappa shape index (κ3) is 3.19. The number of nitrogens with two attached hydrogens (primary N) is 2. The Bertz CT molecular complexity index is 809. The van der Waals surface area contributed by atoms with Crippen molar-refractivity contribution in [2.24, 2.45) is 5.73 Å². The maximum atomic E-state index is 8.99. The van der Waals surface area contributed by atoms with Crippen LogP contribution in [0.5, 0.6) is 0 Å². The lowest BCUT2D eigenvalue weighted by atomic mass is 10.0. The molecule has 5 N–H and O–H groups in total. The summed E-state index contributed by atoms with van der Waals surface area (Å²) in [4.78, 5) is 10.6. The van der Waals surface area contributed by atoms with Gasteiger partial charge in [0.25, 0.3) is 0 Å². The quantitative estimate of drug-likeness (QED) is 0.730. The highest BCUT2D eigenvalue weighted by atomic mass is 15.2. The fraction of sp³-hybridized carbons (Fsp3) is 0.294. The SMILES string of the molecule is N#Cc1cc(C(=N)c2cccc(N3CCCC(N)C3)n2)c(N)cn1. The minimum absolute atomic E-state index is 0.151. The Balaban J connectivity index is 1.91. The van der Waals surface area contributed by atoms with Crippen LogP contribution >= 0.6 is 0 Å². The third-order valence-electron chi connectivity index (χ3n) is 4.09. The van der Waals surface area contributed by atoms with Crippen molar-refractivity contribution in [2.75, 3.05) is 23.7 Å². The summed E-state index contributed by atoms with van der Waals surface area (Å²) in [6.07, 6.45) is 3.46. The number of nitriles is 1. The largest absolute Gasteiger partial charge is 0.397 e. The maximum Gasteiger partial charge on any atom is 0.141 e. The molecule has 1 aliphatic heterocycles. The van der Waals surface area contributed by atoms with Crippen LogP contribution < -0.4 is 16.4 Å². The summed E-state index contributed by atoms with van der Waals surface area (Å²) in [7, 11) is 0. The van der Waals surface area contributed by atoms with Gasteiger partial charge in [-0.05, 0) is 31.0 Å². The Morgan fingerprint density at radius 1 is 1.42 bits per heavy atom. The van der Waals surface area contributed by atoms with Crippen molar-refractivity contribution in [3.8, 4) is 6.07 Å². The molecule has 1 aliphatic rings. The molecule has 24 heavy (non-hydrogen) atoms. The number of pyridine rings is 2. The maximum absolute atomic E-state index is 8.99. The van der Waals surface area contributed by atoms with Gasteiger partial charge in [0.2, 0.25) is 0 Å². The van der Waals surface area contributed by atoms with Crippen LogP contribution in [0.25, 0.3) is 0 Å². The molecule has 0 amide bonds. The molecule has 0 saturated carbocycles. The first-order valence-corrected chi connectivity index (χ1v) is 7.81. The van der Waals surface area contributed by atoms with E-state index in [9.17, 15) is 0 Å². The fourth-order valence-corrected chi connectivity index (χ4v) is 2.84. The zero-order chi connectivity index (χ0) is 17.1. The highest BCUT2D eigenvalue weighted by Crippen LogP contribution is 2.20. The Hall–Kier alpha value is -2.98. The summed E-state index contributed by atoms with van der Waals surface area (Å²) in [6, 6.07) is 9.19. The molecule has 7 heteroatoms. The molecule has 0 aliphatic carbocycles. The molecule has 122 valence electrons. The van der Waals surface area contributed by atoms with E-state index in [4.69, 9.17) is 22.1 Å². The molecule has 1 unspecified atom stereocenters. The highest BCUT2D eigenvalue weighted by Gasteiger charge is 2.19. The summed E-state index contributed by atoms with van der Waals surface area (Å²) in [6.45, 7) is 1.67. The first kappa shape index (κ1) is 15.9. The van der Waals surface area contributed by atoms with E-state index in [1.54, 1.807) is 6.07 Å². The van der Waals surface area contributed by atoms with Crippen molar-refractivity contribution in [3.05, 3.63) is 47.4 Å². The van der Waals surface area contributed by atoms with E-state index in [-0.39, 0.29) is 17.4 Å². The molecule has 7 nitrogen and oxygen atoms in total. The summed E-state index contributed by atoms with van der Waals surface area (Å²) in [5.74, 6) is 0.806. The number of nitrogens with one attached hydrogen (secondary N) is 1. The highest BCUT2D eigenvalue weighted by molar-refractivity contribution is 6.12. The van der Waals surface area contributed by atoms with E-state index < -0.39 is 0 Å². The second-order valence-electron chi connectivity index (χ2n) is 5.87. The van der Waals surface area contributed by atoms with Gasteiger partial charge in [-0.25, -0.2) is 9.97 Å². The topological polar surface area (TPSA) is 129 Å². The van der Waals surface area contributed by atoms with Gasteiger partial charge < -0.3 is 16.4 Å². The number of nitrogen functional groups attached to an aromatic ring is 1. The van der Waals surface area contributed by atoms with E-state index in [1.807, 2.05) is 18.2 Å². The number of piperidine rings is 1. The van der Waals surface area contributed by atoms with E-state index >= 15 is 0 Å². The molecular formula is C17H19N7. The van der Waals surface area contributed by atoms with Crippen molar-refractivity contribution in [2.45, 2.75) is 18.9 Å². The van der Waals surface area contributed by atoms with Crippen molar-refractivity contribution < 1.29 is 0 Å². The standard InChI is InChI=1S/C17H19N7/c18-8-12-7-13(14(20)9-22-12)17(21)15-4-1-5-16(23-15)24-6-2-3-11(19)10-24/h1,4-5,7,9,11,21H,2-3,6,10,19-20H2. The Labute approximate surface area is 140 Å². The van der Waals surface area contributed by atoms with Crippen molar-refractivity contribution >= 4 is 17.2 Å². The number of anilines is 2.